The summed E-state index contributed by atoms with van der Waals surface area (Å²) in [6, 6.07) is 11.7. The lowest BCUT2D eigenvalue weighted by Gasteiger charge is -2.05. The van der Waals surface area contributed by atoms with Gasteiger partial charge in [0.15, 0.2) is 0 Å². The molecule has 2 N–H and O–H groups in total. The van der Waals surface area contributed by atoms with Gasteiger partial charge in [0.25, 0.3) is 0 Å². The van der Waals surface area contributed by atoms with Gasteiger partial charge in [0.1, 0.15) is 5.65 Å². The first-order valence-corrected chi connectivity index (χ1v) is 7.44. The minimum Gasteiger partial charge on any atom is -0.352 e. The van der Waals surface area contributed by atoms with E-state index in [1.165, 1.54) is 0 Å². The maximum Gasteiger partial charge on any atom is 0.224 e. The molecule has 1 amide bonds. The average molecular weight is 344 g/mol. The number of amides is 1. The third-order valence-corrected chi connectivity index (χ3v) is 3.76. The summed E-state index contributed by atoms with van der Waals surface area (Å²) in [5, 5.41) is 3.93. The molecule has 5 heteroatoms. The maximum absolute atomic E-state index is 12.1. The Morgan fingerprint density at radius 1 is 1.29 bits per heavy atom. The molecular weight excluding hydrogens is 330 g/mol. The lowest BCUT2D eigenvalue weighted by atomic mass is 10.1. The van der Waals surface area contributed by atoms with Gasteiger partial charge in [-0.3, -0.25) is 4.79 Å². The van der Waals surface area contributed by atoms with Crippen LogP contribution < -0.4 is 5.32 Å². The molecule has 0 atom stereocenters. The van der Waals surface area contributed by atoms with Crippen LogP contribution in [0.1, 0.15) is 11.1 Å². The summed E-state index contributed by atoms with van der Waals surface area (Å²) in [5.41, 5.74) is 2.84. The molecule has 1 aromatic carbocycles. The van der Waals surface area contributed by atoms with Crippen LogP contribution in [0.5, 0.6) is 0 Å². The van der Waals surface area contributed by atoms with Crippen molar-refractivity contribution in [3.05, 3.63) is 64.4 Å². The lowest BCUT2D eigenvalue weighted by molar-refractivity contribution is -0.120. The number of aromatic amines is 1. The molecule has 3 aromatic rings. The summed E-state index contributed by atoms with van der Waals surface area (Å²) in [6.07, 6.45) is 3.92. The van der Waals surface area contributed by atoms with Crippen LogP contribution in [0.3, 0.4) is 0 Å². The molecule has 2 heterocycles. The van der Waals surface area contributed by atoms with Crippen molar-refractivity contribution in [1.82, 2.24) is 15.3 Å². The van der Waals surface area contributed by atoms with Gasteiger partial charge in [0, 0.05) is 28.8 Å². The quantitative estimate of drug-likeness (QED) is 0.764. The molecule has 0 aliphatic carbocycles. The van der Waals surface area contributed by atoms with Crippen molar-refractivity contribution < 1.29 is 4.79 Å². The van der Waals surface area contributed by atoms with Gasteiger partial charge < -0.3 is 10.3 Å². The Hall–Kier alpha value is -2.14. The smallest absolute Gasteiger partial charge is 0.224 e. The Bertz CT molecular complexity index is 782. The summed E-state index contributed by atoms with van der Waals surface area (Å²) < 4.78 is 1.01. The van der Waals surface area contributed by atoms with Gasteiger partial charge in [-0.05, 0) is 35.4 Å². The van der Waals surface area contributed by atoms with Crippen molar-refractivity contribution in [3.63, 3.8) is 0 Å². The predicted octanol–water partition coefficient (Wildman–Crippen LogP) is 3.18. The number of aromatic nitrogens is 2. The Morgan fingerprint density at radius 3 is 3.05 bits per heavy atom. The van der Waals surface area contributed by atoms with Crippen LogP contribution in [-0.2, 0) is 17.8 Å². The molecule has 106 valence electrons. The fourth-order valence-electron chi connectivity index (χ4n) is 2.24. The molecule has 3 rings (SSSR count). The Kier molecular flexibility index (Phi) is 4.01. The third-order valence-electron chi connectivity index (χ3n) is 3.27. The Labute approximate surface area is 130 Å². The molecule has 0 saturated carbocycles. The summed E-state index contributed by atoms with van der Waals surface area (Å²) >= 11 is 3.42. The standard InChI is InChI=1S/C16H14BrN3O/c17-13-4-1-3-11(7-13)9-19-15(21)8-12-10-20-16-14(12)5-2-6-18-16/h1-7,10H,8-9H2,(H,18,20)(H,19,21). The van der Waals surface area contributed by atoms with Crippen LogP contribution in [-0.4, -0.2) is 15.9 Å². The number of halogens is 1. The molecule has 0 aliphatic heterocycles. The number of nitrogens with one attached hydrogen (secondary N) is 2. The van der Waals surface area contributed by atoms with Crippen molar-refractivity contribution in [1.29, 1.82) is 0 Å². The molecule has 0 saturated heterocycles. The largest absolute Gasteiger partial charge is 0.352 e. The number of carbonyl (C=O) groups excluding carboxylic acids is 1. The summed E-state index contributed by atoms with van der Waals surface area (Å²) in [7, 11) is 0. The van der Waals surface area contributed by atoms with E-state index < -0.39 is 0 Å². The van der Waals surface area contributed by atoms with Crippen molar-refractivity contribution >= 4 is 32.9 Å². The first-order chi connectivity index (χ1) is 10.2. The van der Waals surface area contributed by atoms with E-state index in [1.54, 1.807) is 6.20 Å². The highest BCUT2D eigenvalue weighted by Gasteiger charge is 2.08. The SMILES string of the molecule is O=C(Cc1c[nH]c2ncccc12)NCc1cccc(Br)c1. The van der Waals surface area contributed by atoms with E-state index in [-0.39, 0.29) is 5.91 Å². The summed E-state index contributed by atoms with van der Waals surface area (Å²) in [4.78, 5) is 19.4. The maximum atomic E-state index is 12.1. The van der Waals surface area contributed by atoms with Crippen molar-refractivity contribution in [2.45, 2.75) is 13.0 Å². The Morgan fingerprint density at radius 2 is 2.19 bits per heavy atom. The highest BCUT2D eigenvalue weighted by molar-refractivity contribution is 9.10. The highest BCUT2D eigenvalue weighted by atomic mass is 79.9. The first kappa shape index (κ1) is 13.8. The first-order valence-electron chi connectivity index (χ1n) is 6.64. The molecule has 0 fully saturated rings. The number of pyridine rings is 1. The van der Waals surface area contributed by atoms with Crippen LogP contribution >= 0.6 is 15.9 Å². The predicted molar refractivity (Wildman–Crippen MR) is 85.8 cm³/mol. The highest BCUT2D eigenvalue weighted by Crippen LogP contribution is 2.16. The number of benzene rings is 1. The number of hydrogen-bond acceptors (Lipinski definition) is 2. The van der Waals surface area contributed by atoms with Gasteiger partial charge in [-0.15, -0.1) is 0 Å². The zero-order chi connectivity index (χ0) is 14.7. The number of rotatable bonds is 4. The second-order valence-electron chi connectivity index (χ2n) is 4.80. The molecule has 0 radical (unpaired) electrons. The molecule has 21 heavy (non-hydrogen) atoms. The van der Waals surface area contributed by atoms with Gasteiger partial charge in [0.05, 0.1) is 6.42 Å². The van der Waals surface area contributed by atoms with E-state index in [2.05, 4.69) is 31.2 Å². The van der Waals surface area contributed by atoms with Gasteiger partial charge in [-0.25, -0.2) is 4.98 Å². The van der Waals surface area contributed by atoms with E-state index in [9.17, 15) is 4.79 Å². The molecule has 0 aliphatic rings. The van der Waals surface area contributed by atoms with Gasteiger partial charge >= 0.3 is 0 Å². The average Bonchev–Trinajstić information content (AvgIpc) is 2.89. The Balaban J connectivity index is 1.64. The van der Waals surface area contributed by atoms with Crippen molar-refractivity contribution in [2.75, 3.05) is 0 Å². The number of nitrogens with zero attached hydrogens (tertiary/aromatic N) is 1. The molecule has 0 unspecified atom stereocenters. The molecule has 2 aromatic heterocycles. The van der Waals surface area contributed by atoms with Crippen molar-refractivity contribution in [2.24, 2.45) is 0 Å². The molecule has 0 bridgehead atoms. The fraction of sp³-hybridized carbons (Fsp3) is 0.125. The monoisotopic (exact) mass is 343 g/mol. The van der Waals surface area contributed by atoms with Crippen LogP contribution in [0, 0.1) is 0 Å². The number of hydrogen-bond donors (Lipinski definition) is 2. The van der Waals surface area contributed by atoms with E-state index in [4.69, 9.17) is 0 Å². The minimum atomic E-state index is -0.000251. The molecular formula is C16H14BrN3O. The number of H-pyrrole nitrogens is 1. The minimum absolute atomic E-state index is 0.000251. The second-order valence-corrected chi connectivity index (χ2v) is 5.71. The van der Waals surface area contributed by atoms with Crippen LogP contribution in [0.15, 0.2) is 53.3 Å². The second kappa shape index (κ2) is 6.10. The van der Waals surface area contributed by atoms with Gasteiger partial charge in [0.2, 0.25) is 5.91 Å². The van der Waals surface area contributed by atoms with Crippen LogP contribution in [0.4, 0.5) is 0 Å². The van der Waals surface area contributed by atoms with E-state index in [1.807, 2.05) is 42.6 Å². The lowest BCUT2D eigenvalue weighted by Crippen LogP contribution is -2.24. The van der Waals surface area contributed by atoms with Crippen molar-refractivity contribution in [3.8, 4) is 0 Å². The van der Waals surface area contributed by atoms with Crippen LogP contribution in [0.25, 0.3) is 11.0 Å². The fourth-order valence-corrected chi connectivity index (χ4v) is 2.69. The van der Waals surface area contributed by atoms with E-state index >= 15 is 0 Å². The number of fused-ring (bicyclic) bond motifs is 1. The van der Waals surface area contributed by atoms with Gasteiger partial charge in [-0.1, -0.05) is 28.1 Å². The van der Waals surface area contributed by atoms with Gasteiger partial charge in [-0.2, -0.15) is 0 Å². The topological polar surface area (TPSA) is 57.8 Å². The zero-order valence-corrected chi connectivity index (χ0v) is 12.9. The zero-order valence-electron chi connectivity index (χ0n) is 11.3. The van der Waals surface area contributed by atoms with E-state index in [0.29, 0.717) is 13.0 Å². The summed E-state index contributed by atoms with van der Waals surface area (Å²) in [5.74, 6) is -0.000251. The molecule has 4 nitrogen and oxygen atoms in total. The number of carbonyl (C=O) groups is 1. The van der Waals surface area contributed by atoms with Crippen LogP contribution in [0.2, 0.25) is 0 Å². The summed E-state index contributed by atoms with van der Waals surface area (Å²) in [6.45, 7) is 0.527. The third kappa shape index (κ3) is 3.31. The van der Waals surface area contributed by atoms with E-state index in [0.717, 1.165) is 26.6 Å². The molecule has 0 spiro atoms. The normalized spacial score (nSPS) is 10.7.